The van der Waals surface area contributed by atoms with Crippen molar-refractivity contribution in [3.63, 3.8) is 0 Å². The zero-order valence-electron chi connectivity index (χ0n) is 13.8. The van der Waals surface area contributed by atoms with Gasteiger partial charge in [0.05, 0.1) is 12.3 Å². The highest BCUT2D eigenvalue weighted by molar-refractivity contribution is 7.15. The van der Waals surface area contributed by atoms with E-state index in [0.29, 0.717) is 0 Å². The third-order valence-corrected chi connectivity index (χ3v) is 5.47. The van der Waals surface area contributed by atoms with E-state index in [1.165, 1.54) is 28.7 Å². The summed E-state index contributed by atoms with van der Waals surface area (Å²) < 4.78 is 5.07. The molecule has 2 rings (SSSR count). The lowest BCUT2D eigenvalue weighted by molar-refractivity contribution is 0.199. The van der Waals surface area contributed by atoms with Gasteiger partial charge in [0.25, 0.3) is 0 Å². The van der Waals surface area contributed by atoms with Crippen LogP contribution in [0.1, 0.15) is 37.8 Å². The van der Waals surface area contributed by atoms with E-state index in [0.717, 1.165) is 44.5 Å². The van der Waals surface area contributed by atoms with Crippen LogP contribution in [0.3, 0.4) is 0 Å². The number of ether oxygens (including phenoxy) is 1. The highest BCUT2D eigenvalue weighted by Crippen LogP contribution is 2.32. The molecule has 1 aromatic heterocycles. The average molecular weight is 311 g/mol. The Morgan fingerprint density at radius 3 is 2.90 bits per heavy atom. The summed E-state index contributed by atoms with van der Waals surface area (Å²) >= 11 is 1.86. The van der Waals surface area contributed by atoms with Gasteiger partial charge in [-0.1, -0.05) is 20.8 Å². The second-order valence-electron chi connectivity index (χ2n) is 6.13. The van der Waals surface area contributed by atoms with E-state index in [2.05, 4.69) is 31.0 Å². The molecule has 1 aliphatic rings. The van der Waals surface area contributed by atoms with Crippen molar-refractivity contribution >= 4 is 16.5 Å². The molecule has 0 spiro atoms. The molecule has 21 heavy (non-hydrogen) atoms. The highest BCUT2D eigenvalue weighted by Gasteiger charge is 2.27. The number of thiazole rings is 1. The molecule has 0 aromatic carbocycles. The number of aromatic nitrogens is 1. The van der Waals surface area contributed by atoms with E-state index in [1.54, 1.807) is 7.11 Å². The minimum absolute atomic E-state index is 0.759. The van der Waals surface area contributed by atoms with Crippen LogP contribution in [0.2, 0.25) is 0 Å². The molecule has 2 heterocycles. The van der Waals surface area contributed by atoms with E-state index in [9.17, 15) is 0 Å². The van der Waals surface area contributed by atoms with Crippen molar-refractivity contribution in [2.24, 2.45) is 11.8 Å². The molecule has 1 saturated heterocycles. The lowest BCUT2D eigenvalue weighted by atomic mass is 9.95. The summed E-state index contributed by atoms with van der Waals surface area (Å²) in [5.74, 6) is 1.60. The molecule has 1 fully saturated rings. The summed E-state index contributed by atoms with van der Waals surface area (Å²) in [6.07, 6.45) is 2.32. The van der Waals surface area contributed by atoms with Crippen LogP contribution >= 0.6 is 11.3 Å². The second kappa shape index (κ2) is 8.11. The standard InChI is InChI=1S/C16H29N3OS/c1-5-14-15(10-17-7-9-20-4)21-16(18-14)19-8-6-13(11-19)12(2)3/h12-13,17H,5-11H2,1-4H3. The molecule has 0 amide bonds. The maximum absolute atomic E-state index is 5.07. The second-order valence-corrected chi connectivity index (χ2v) is 7.19. The van der Waals surface area contributed by atoms with Gasteiger partial charge < -0.3 is 15.0 Å². The summed E-state index contributed by atoms with van der Waals surface area (Å²) in [5, 5.41) is 4.66. The van der Waals surface area contributed by atoms with Crippen LogP contribution in [0.4, 0.5) is 5.13 Å². The molecule has 1 aromatic rings. The molecule has 4 nitrogen and oxygen atoms in total. The molecule has 5 heteroatoms. The fourth-order valence-electron chi connectivity index (χ4n) is 2.80. The number of anilines is 1. The van der Waals surface area contributed by atoms with E-state index in [4.69, 9.17) is 9.72 Å². The van der Waals surface area contributed by atoms with Crippen molar-refractivity contribution in [2.75, 3.05) is 38.3 Å². The van der Waals surface area contributed by atoms with Gasteiger partial charge in [0.15, 0.2) is 5.13 Å². The number of rotatable bonds is 8. The van der Waals surface area contributed by atoms with E-state index in [1.807, 2.05) is 11.3 Å². The minimum atomic E-state index is 0.759. The first-order chi connectivity index (χ1) is 10.2. The maximum Gasteiger partial charge on any atom is 0.185 e. The lowest BCUT2D eigenvalue weighted by Crippen LogP contribution is -2.20. The summed E-state index contributed by atoms with van der Waals surface area (Å²) in [5.41, 5.74) is 1.26. The van der Waals surface area contributed by atoms with Crippen molar-refractivity contribution in [3.8, 4) is 0 Å². The number of hydrogen-bond donors (Lipinski definition) is 1. The zero-order valence-corrected chi connectivity index (χ0v) is 14.6. The summed E-state index contributed by atoms with van der Waals surface area (Å²) in [4.78, 5) is 8.74. The Balaban J connectivity index is 1.96. The van der Waals surface area contributed by atoms with Crippen LogP contribution in [-0.2, 0) is 17.7 Å². The van der Waals surface area contributed by atoms with E-state index in [-0.39, 0.29) is 0 Å². The van der Waals surface area contributed by atoms with E-state index < -0.39 is 0 Å². The van der Waals surface area contributed by atoms with Crippen LogP contribution in [0, 0.1) is 11.8 Å². The fraction of sp³-hybridized carbons (Fsp3) is 0.812. The van der Waals surface area contributed by atoms with Gasteiger partial charge in [-0.15, -0.1) is 11.3 Å². The monoisotopic (exact) mass is 311 g/mol. The van der Waals surface area contributed by atoms with Gasteiger partial charge >= 0.3 is 0 Å². The Morgan fingerprint density at radius 2 is 2.29 bits per heavy atom. The Bertz CT molecular complexity index is 433. The Hall–Kier alpha value is -0.650. The molecule has 1 aliphatic heterocycles. The van der Waals surface area contributed by atoms with Gasteiger partial charge in [-0.3, -0.25) is 0 Å². The van der Waals surface area contributed by atoms with Gasteiger partial charge in [-0.05, 0) is 24.7 Å². The molecule has 0 saturated carbocycles. The number of nitrogens with one attached hydrogen (secondary N) is 1. The van der Waals surface area contributed by atoms with Crippen LogP contribution in [0.5, 0.6) is 0 Å². The molecule has 0 radical (unpaired) electrons. The predicted molar refractivity (Wildman–Crippen MR) is 90.2 cm³/mol. The third kappa shape index (κ3) is 4.41. The molecule has 1 N–H and O–H groups in total. The summed E-state index contributed by atoms with van der Waals surface area (Å²) in [6.45, 7) is 11.8. The Labute approximate surface area is 132 Å². The smallest absolute Gasteiger partial charge is 0.185 e. The van der Waals surface area contributed by atoms with Crippen molar-refractivity contribution in [3.05, 3.63) is 10.6 Å². The largest absolute Gasteiger partial charge is 0.383 e. The molecule has 120 valence electrons. The number of hydrogen-bond acceptors (Lipinski definition) is 5. The fourth-order valence-corrected chi connectivity index (χ4v) is 3.95. The normalized spacial score (nSPS) is 18.9. The number of methoxy groups -OCH3 is 1. The first-order valence-corrected chi connectivity index (χ1v) is 8.90. The SMILES string of the molecule is CCc1nc(N2CCC(C(C)C)C2)sc1CNCCOC. The minimum Gasteiger partial charge on any atom is -0.383 e. The van der Waals surface area contributed by atoms with Gasteiger partial charge in [0.2, 0.25) is 0 Å². The first kappa shape index (κ1) is 16.7. The molecule has 0 bridgehead atoms. The van der Waals surface area contributed by atoms with Crippen LogP contribution in [0.25, 0.3) is 0 Å². The summed E-state index contributed by atoms with van der Waals surface area (Å²) in [7, 11) is 1.74. The molecular weight excluding hydrogens is 282 g/mol. The summed E-state index contributed by atoms with van der Waals surface area (Å²) in [6, 6.07) is 0. The van der Waals surface area contributed by atoms with E-state index >= 15 is 0 Å². The first-order valence-electron chi connectivity index (χ1n) is 8.08. The van der Waals surface area contributed by atoms with Gasteiger partial charge in [-0.2, -0.15) is 0 Å². The zero-order chi connectivity index (χ0) is 15.2. The number of nitrogens with zero attached hydrogens (tertiary/aromatic N) is 2. The predicted octanol–water partition coefficient (Wildman–Crippen LogP) is 2.92. The van der Waals surface area contributed by atoms with Crippen molar-refractivity contribution in [1.82, 2.24) is 10.3 Å². The van der Waals surface area contributed by atoms with Gasteiger partial charge in [-0.25, -0.2) is 4.98 Å². The Kier molecular flexibility index (Phi) is 6.45. The van der Waals surface area contributed by atoms with Crippen LogP contribution in [-0.4, -0.2) is 38.3 Å². The van der Waals surface area contributed by atoms with Gasteiger partial charge in [0, 0.05) is 38.2 Å². The van der Waals surface area contributed by atoms with Gasteiger partial charge in [0.1, 0.15) is 0 Å². The highest BCUT2D eigenvalue weighted by atomic mass is 32.1. The number of aryl methyl sites for hydroxylation is 1. The maximum atomic E-state index is 5.07. The van der Waals surface area contributed by atoms with Crippen molar-refractivity contribution < 1.29 is 4.74 Å². The molecule has 1 atom stereocenters. The molecule has 1 unspecified atom stereocenters. The van der Waals surface area contributed by atoms with Crippen molar-refractivity contribution in [2.45, 2.75) is 40.2 Å². The molecule has 0 aliphatic carbocycles. The quantitative estimate of drug-likeness (QED) is 0.749. The van der Waals surface area contributed by atoms with Crippen molar-refractivity contribution in [1.29, 1.82) is 0 Å². The third-order valence-electron chi connectivity index (χ3n) is 4.31. The lowest BCUT2D eigenvalue weighted by Gasteiger charge is -2.16. The average Bonchev–Trinajstić information content (AvgIpc) is 3.09. The Morgan fingerprint density at radius 1 is 1.48 bits per heavy atom. The van der Waals surface area contributed by atoms with Crippen LogP contribution in [0.15, 0.2) is 0 Å². The van der Waals surface area contributed by atoms with Crippen LogP contribution < -0.4 is 10.2 Å². The molecular formula is C16H29N3OS. The topological polar surface area (TPSA) is 37.4 Å².